The molecule has 3 heterocycles. The van der Waals surface area contributed by atoms with Crippen molar-refractivity contribution in [3.05, 3.63) is 66.6 Å². The maximum absolute atomic E-state index is 12.9. The Kier molecular flexibility index (Phi) is 6.27. The molecule has 1 aromatic carbocycles. The van der Waals surface area contributed by atoms with Gasteiger partial charge in [0.1, 0.15) is 5.82 Å². The predicted octanol–water partition coefficient (Wildman–Crippen LogP) is 3.24. The smallest absolute Gasteiger partial charge is 0.409 e. The number of piperazine rings is 1. The van der Waals surface area contributed by atoms with Gasteiger partial charge in [-0.25, -0.2) is 9.78 Å². The zero-order chi connectivity index (χ0) is 22.5. The van der Waals surface area contributed by atoms with Crippen molar-refractivity contribution >= 4 is 29.2 Å². The van der Waals surface area contributed by atoms with Gasteiger partial charge < -0.3 is 20.2 Å². The van der Waals surface area contributed by atoms with Gasteiger partial charge in [0.15, 0.2) is 0 Å². The molecule has 0 spiro atoms. The number of nitrogens with zero attached hydrogens (tertiary/aromatic N) is 4. The topological polar surface area (TPSA) is 111 Å². The summed E-state index contributed by atoms with van der Waals surface area (Å²) in [4.78, 5) is 37.0. The van der Waals surface area contributed by atoms with E-state index in [-0.39, 0.29) is 11.6 Å². The summed E-state index contributed by atoms with van der Waals surface area (Å²) < 4.78 is 0. The zero-order valence-electron chi connectivity index (χ0n) is 17.7. The molecule has 9 heteroatoms. The molecule has 0 radical (unpaired) electrons. The second-order valence-electron chi connectivity index (χ2n) is 7.58. The Morgan fingerprint density at radius 1 is 0.906 bits per heavy atom. The minimum Gasteiger partial charge on any atom is -0.465 e. The van der Waals surface area contributed by atoms with Gasteiger partial charge in [-0.1, -0.05) is 6.07 Å². The Bertz CT molecular complexity index is 1100. The van der Waals surface area contributed by atoms with Crippen molar-refractivity contribution in [2.24, 2.45) is 0 Å². The number of pyridine rings is 2. The van der Waals surface area contributed by atoms with Crippen LogP contribution in [0.1, 0.15) is 10.4 Å². The van der Waals surface area contributed by atoms with E-state index in [4.69, 9.17) is 5.11 Å². The second-order valence-corrected chi connectivity index (χ2v) is 7.58. The van der Waals surface area contributed by atoms with Gasteiger partial charge >= 0.3 is 6.09 Å². The van der Waals surface area contributed by atoms with Crippen LogP contribution in [0.5, 0.6) is 0 Å². The van der Waals surface area contributed by atoms with Gasteiger partial charge in [0, 0.05) is 44.8 Å². The summed E-state index contributed by atoms with van der Waals surface area (Å²) in [7, 11) is 2.09. The zero-order valence-corrected chi connectivity index (χ0v) is 17.7. The lowest BCUT2D eigenvalue weighted by atomic mass is 10.1. The van der Waals surface area contributed by atoms with Gasteiger partial charge in [0.05, 0.1) is 16.9 Å². The second kappa shape index (κ2) is 9.44. The number of hydrogen-bond donors (Lipinski definition) is 3. The molecular formula is C23H24N6O3. The predicted molar refractivity (Wildman–Crippen MR) is 123 cm³/mol. The standard InChI is InChI=1S/C23H24N6O3/c1-28-10-12-29(13-11-28)21-5-3-18(15-25-21)22(30)26-20-14-17(16-6-8-24-9-7-16)2-4-19(20)27-23(31)32/h2-9,14-15,27H,10-13H2,1H3,(H,26,30)(H,31,32). The molecular weight excluding hydrogens is 408 g/mol. The number of carbonyl (C=O) groups excluding carboxylic acids is 1. The molecule has 0 bridgehead atoms. The third kappa shape index (κ3) is 5.01. The number of nitrogens with one attached hydrogen (secondary N) is 2. The molecule has 3 N–H and O–H groups in total. The van der Waals surface area contributed by atoms with E-state index in [9.17, 15) is 9.59 Å². The number of aromatic nitrogens is 2. The maximum atomic E-state index is 12.9. The Morgan fingerprint density at radius 3 is 2.31 bits per heavy atom. The lowest BCUT2D eigenvalue weighted by molar-refractivity contribution is 0.102. The highest BCUT2D eigenvalue weighted by Crippen LogP contribution is 2.29. The first-order valence-electron chi connectivity index (χ1n) is 10.2. The van der Waals surface area contributed by atoms with Crippen LogP contribution in [0.4, 0.5) is 22.0 Å². The van der Waals surface area contributed by atoms with E-state index in [0.717, 1.165) is 43.1 Å². The van der Waals surface area contributed by atoms with Crippen molar-refractivity contribution in [3.63, 3.8) is 0 Å². The van der Waals surface area contributed by atoms with E-state index in [2.05, 4.69) is 37.4 Å². The van der Waals surface area contributed by atoms with E-state index in [0.29, 0.717) is 11.3 Å². The lowest BCUT2D eigenvalue weighted by Crippen LogP contribution is -2.44. The Balaban J connectivity index is 1.54. The van der Waals surface area contributed by atoms with Gasteiger partial charge in [-0.05, 0) is 54.6 Å². The molecule has 3 aromatic rings. The average molecular weight is 432 g/mol. The monoisotopic (exact) mass is 432 g/mol. The summed E-state index contributed by atoms with van der Waals surface area (Å²) in [5, 5.41) is 14.3. The van der Waals surface area contributed by atoms with Gasteiger partial charge in [-0.3, -0.25) is 15.1 Å². The average Bonchev–Trinajstić information content (AvgIpc) is 2.81. The number of rotatable bonds is 5. The van der Waals surface area contributed by atoms with E-state index < -0.39 is 6.09 Å². The number of anilines is 3. The Morgan fingerprint density at radius 2 is 1.66 bits per heavy atom. The summed E-state index contributed by atoms with van der Waals surface area (Å²) >= 11 is 0. The number of amides is 2. The molecule has 0 aliphatic carbocycles. The van der Waals surface area contributed by atoms with Gasteiger partial charge in [0.25, 0.3) is 5.91 Å². The molecule has 1 aliphatic rings. The normalized spacial score (nSPS) is 14.1. The fraction of sp³-hybridized carbons (Fsp3) is 0.217. The maximum Gasteiger partial charge on any atom is 0.409 e. The van der Waals surface area contributed by atoms with Gasteiger partial charge in [0.2, 0.25) is 0 Å². The molecule has 1 fully saturated rings. The first-order valence-corrected chi connectivity index (χ1v) is 10.2. The molecule has 4 rings (SSSR count). The largest absolute Gasteiger partial charge is 0.465 e. The fourth-order valence-corrected chi connectivity index (χ4v) is 3.53. The fourth-order valence-electron chi connectivity index (χ4n) is 3.53. The minimum absolute atomic E-state index is 0.283. The van der Waals surface area contributed by atoms with Crippen molar-refractivity contribution < 1.29 is 14.7 Å². The summed E-state index contributed by atoms with van der Waals surface area (Å²) in [6, 6.07) is 12.4. The van der Waals surface area contributed by atoms with Crippen LogP contribution in [0.25, 0.3) is 11.1 Å². The molecule has 1 saturated heterocycles. The SMILES string of the molecule is CN1CCN(c2ccc(C(=O)Nc3cc(-c4ccncc4)ccc3NC(=O)O)cn2)CC1. The van der Waals surface area contributed by atoms with Crippen molar-refractivity contribution in [1.82, 2.24) is 14.9 Å². The highest BCUT2D eigenvalue weighted by molar-refractivity contribution is 6.07. The van der Waals surface area contributed by atoms with Crippen molar-refractivity contribution in [1.29, 1.82) is 0 Å². The molecule has 0 atom stereocenters. The number of hydrogen-bond acceptors (Lipinski definition) is 6. The van der Waals surface area contributed by atoms with E-state index in [1.807, 2.05) is 18.2 Å². The minimum atomic E-state index is -1.21. The van der Waals surface area contributed by atoms with Crippen LogP contribution < -0.4 is 15.5 Å². The molecule has 9 nitrogen and oxygen atoms in total. The number of carboxylic acid groups (broad SMARTS) is 1. The number of likely N-dealkylation sites (N-methyl/N-ethyl adjacent to an activating group) is 1. The highest BCUT2D eigenvalue weighted by atomic mass is 16.4. The van der Waals surface area contributed by atoms with Crippen molar-refractivity contribution in [2.45, 2.75) is 0 Å². The van der Waals surface area contributed by atoms with Crippen molar-refractivity contribution in [3.8, 4) is 11.1 Å². The van der Waals surface area contributed by atoms with Crippen LogP contribution in [0.3, 0.4) is 0 Å². The van der Waals surface area contributed by atoms with Crippen LogP contribution >= 0.6 is 0 Å². The van der Waals surface area contributed by atoms with Crippen LogP contribution in [-0.4, -0.2) is 65.2 Å². The summed E-state index contributed by atoms with van der Waals surface area (Å²) in [6.07, 6.45) is 3.67. The molecule has 2 aromatic heterocycles. The van der Waals surface area contributed by atoms with Crippen LogP contribution in [0.15, 0.2) is 61.1 Å². The van der Waals surface area contributed by atoms with Crippen LogP contribution in [0, 0.1) is 0 Å². The van der Waals surface area contributed by atoms with Gasteiger partial charge in [-0.2, -0.15) is 0 Å². The van der Waals surface area contributed by atoms with Crippen LogP contribution in [0.2, 0.25) is 0 Å². The molecule has 2 amide bonds. The molecule has 32 heavy (non-hydrogen) atoms. The lowest BCUT2D eigenvalue weighted by Gasteiger charge is -2.33. The van der Waals surface area contributed by atoms with E-state index in [1.165, 1.54) is 0 Å². The molecule has 0 unspecified atom stereocenters. The van der Waals surface area contributed by atoms with E-state index in [1.54, 1.807) is 42.9 Å². The highest BCUT2D eigenvalue weighted by Gasteiger charge is 2.17. The Labute approximate surface area is 185 Å². The first-order chi connectivity index (χ1) is 15.5. The molecule has 1 aliphatic heterocycles. The van der Waals surface area contributed by atoms with Crippen LogP contribution in [-0.2, 0) is 0 Å². The van der Waals surface area contributed by atoms with Crippen molar-refractivity contribution in [2.75, 3.05) is 48.8 Å². The number of carbonyl (C=O) groups is 2. The summed E-state index contributed by atoms with van der Waals surface area (Å²) in [5.74, 6) is 0.463. The van der Waals surface area contributed by atoms with E-state index >= 15 is 0 Å². The summed E-state index contributed by atoms with van der Waals surface area (Å²) in [6.45, 7) is 3.72. The molecule has 164 valence electrons. The third-order valence-electron chi connectivity index (χ3n) is 5.36. The van der Waals surface area contributed by atoms with Gasteiger partial charge in [-0.15, -0.1) is 0 Å². The molecule has 0 saturated carbocycles. The first kappa shape index (κ1) is 21.3. The quantitative estimate of drug-likeness (QED) is 0.568. The number of benzene rings is 1. The summed E-state index contributed by atoms with van der Waals surface area (Å²) in [5.41, 5.74) is 2.75. The third-order valence-corrected chi connectivity index (χ3v) is 5.36. The Hall–Kier alpha value is -3.98.